The average Bonchev–Trinajstić information content (AvgIpc) is 2.18. The van der Waals surface area contributed by atoms with E-state index in [0.717, 1.165) is 0 Å². The monoisotopic (exact) mass is 176 g/mol. The molecule has 70 valence electrons. The predicted octanol–water partition coefficient (Wildman–Crippen LogP) is 3.02. The fourth-order valence-electron chi connectivity index (χ4n) is 2.23. The third-order valence-electron chi connectivity index (χ3n) is 2.97. The Labute approximate surface area is 79.7 Å². The van der Waals surface area contributed by atoms with Crippen LogP contribution in [0.4, 0.5) is 0 Å². The van der Waals surface area contributed by atoms with E-state index in [1.807, 2.05) is 7.11 Å². The van der Waals surface area contributed by atoms with Crippen LogP contribution in [0.2, 0.25) is 0 Å². The molecule has 1 aliphatic rings. The molecule has 1 heteroatoms. The maximum Gasteiger partial charge on any atom is 0.0824 e. The zero-order valence-corrected chi connectivity index (χ0v) is 8.34. The van der Waals surface area contributed by atoms with Crippen LogP contribution in [0.1, 0.15) is 35.6 Å². The molecule has 0 bridgehead atoms. The van der Waals surface area contributed by atoms with Crippen molar-refractivity contribution in [2.75, 3.05) is 7.11 Å². The lowest BCUT2D eigenvalue weighted by Gasteiger charge is -2.25. The zero-order chi connectivity index (χ0) is 9.26. The SMILES string of the molecule is COC1CCCc2c(C)cccc21. The molecule has 1 unspecified atom stereocenters. The summed E-state index contributed by atoms with van der Waals surface area (Å²) in [5.41, 5.74) is 4.34. The Kier molecular flexibility index (Phi) is 2.36. The summed E-state index contributed by atoms with van der Waals surface area (Å²) in [6, 6.07) is 6.53. The Hall–Kier alpha value is -0.820. The molecule has 0 aromatic heterocycles. The van der Waals surface area contributed by atoms with Gasteiger partial charge in [0.25, 0.3) is 0 Å². The zero-order valence-electron chi connectivity index (χ0n) is 8.34. The van der Waals surface area contributed by atoms with Crippen LogP contribution in [0.3, 0.4) is 0 Å². The van der Waals surface area contributed by atoms with Gasteiger partial charge in [-0.2, -0.15) is 0 Å². The third-order valence-corrected chi connectivity index (χ3v) is 2.97. The number of rotatable bonds is 1. The van der Waals surface area contributed by atoms with Gasteiger partial charge in [0.2, 0.25) is 0 Å². The summed E-state index contributed by atoms with van der Waals surface area (Å²) in [4.78, 5) is 0. The Bertz CT molecular complexity index is 304. The first-order valence-corrected chi connectivity index (χ1v) is 4.94. The molecule has 1 aromatic carbocycles. The molecular weight excluding hydrogens is 160 g/mol. The van der Waals surface area contributed by atoms with Gasteiger partial charge in [-0.3, -0.25) is 0 Å². The van der Waals surface area contributed by atoms with Gasteiger partial charge in [-0.1, -0.05) is 18.2 Å². The Morgan fingerprint density at radius 3 is 3.00 bits per heavy atom. The molecule has 1 nitrogen and oxygen atoms in total. The lowest BCUT2D eigenvalue weighted by atomic mass is 9.87. The number of hydrogen-bond acceptors (Lipinski definition) is 1. The molecule has 1 aromatic rings. The van der Waals surface area contributed by atoms with Gasteiger partial charge < -0.3 is 4.74 Å². The summed E-state index contributed by atoms with van der Waals surface area (Å²) in [5, 5.41) is 0. The smallest absolute Gasteiger partial charge is 0.0824 e. The predicted molar refractivity (Wildman–Crippen MR) is 53.9 cm³/mol. The minimum atomic E-state index is 0.337. The van der Waals surface area contributed by atoms with E-state index in [9.17, 15) is 0 Å². The first-order chi connectivity index (χ1) is 6.33. The number of ether oxygens (including phenoxy) is 1. The summed E-state index contributed by atoms with van der Waals surface area (Å²) in [6.07, 6.45) is 3.99. The van der Waals surface area contributed by atoms with E-state index in [0.29, 0.717) is 6.10 Å². The molecule has 0 radical (unpaired) electrons. The summed E-state index contributed by atoms with van der Waals surface area (Å²) < 4.78 is 5.47. The van der Waals surface area contributed by atoms with Crippen LogP contribution in [0, 0.1) is 6.92 Å². The fraction of sp³-hybridized carbons (Fsp3) is 0.500. The van der Waals surface area contributed by atoms with Crippen molar-refractivity contribution in [3.8, 4) is 0 Å². The molecule has 1 aliphatic carbocycles. The molecule has 0 spiro atoms. The van der Waals surface area contributed by atoms with Crippen molar-refractivity contribution < 1.29 is 4.74 Å². The highest BCUT2D eigenvalue weighted by atomic mass is 16.5. The second-order valence-electron chi connectivity index (χ2n) is 3.76. The molecule has 2 rings (SSSR count). The van der Waals surface area contributed by atoms with E-state index >= 15 is 0 Å². The third kappa shape index (κ3) is 1.49. The van der Waals surface area contributed by atoms with Gasteiger partial charge in [-0.05, 0) is 42.9 Å². The van der Waals surface area contributed by atoms with Crippen LogP contribution in [0.5, 0.6) is 0 Å². The van der Waals surface area contributed by atoms with Crippen molar-refractivity contribution in [1.29, 1.82) is 0 Å². The molecule has 0 N–H and O–H groups in total. The standard InChI is InChI=1S/C12H16O/c1-9-5-3-7-11-10(9)6-4-8-12(11)13-2/h3,5,7,12H,4,6,8H2,1-2H3. The minimum absolute atomic E-state index is 0.337. The topological polar surface area (TPSA) is 9.23 Å². The molecular formula is C12H16O. The molecule has 13 heavy (non-hydrogen) atoms. The van der Waals surface area contributed by atoms with Gasteiger partial charge in [0.15, 0.2) is 0 Å². The molecule has 0 aliphatic heterocycles. The summed E-state index contributed by atoms with van der Waals surface area (Å²) in [7, 11) is 1.81. The molecule has 0 fully saturated rings. The Balaban J connectivity index is 2.45. The Morgan fingerprint density at radius 1 is 1.38 bits per heavy atom. The van der Waals surface area contributed by atoms with Crippen molar-refractivity contribution in [3.63, 3.8) is 0 Å². The highest BCUT2D eigenvalue weighted by Gasteiger charge is 2.20. The normalized spacial score (nSPS) is 21.2. The highest BCUT2D eigenvalue weighted by molar-refractivity contribution is 5.37. The largest absolute Gasteiger partial charge is 0.377 e. The number of aryl methyl sites for hydroxylation is 1. The van der Waals surface area contributed by atoms with Gasteiger partial charge >= 0.3 is 0 Å². The van der Waals surface area contributed by atoms with Crippen LogP contribution in [0.15, 0.2) is 18.2 Å². The van der Waals surface area contributed by atoms with Crippen molar-refractivity contribution in [2.24, 2.45) is 0 Å². The summed E-state index contributed by atoms with van der Waals surface area (Å²) in [6.45, 7) is 2.19. The average molecular weight is 176 g/mol. The second-order valence-corrected chi connectivity index (χ2v) is 3.76. The summed E-state index contributed by atoms with van der Waals surface area (Å²) in [5.74, 6) is 0. The van der Waals surface area contributed by atoms with Gasteiger partial charge in [-0.15, -0.1) is 0 Å². The highest BCUT2D eigenvalue weighted by Crippen LogP contribution is 2.33. The van der Waals surface area contributed by atoms with Crippen LogP contribution in [-0.2, 0) is 11.2 Å². The summed E-state index contributed by atoms with van der Waals surface area (Å²) >= 11 is 0. The van der Waals surface area contributed by atoms with Crippen LogP contribution < -0.4 is 0 Å². The number of fused-ring (bicyclic) bond motifs is 1. The van der Waals surface area contributed by atoms with E-state index in [1.165, 1.54) is 36.0 Å². The molecule has 0 saturated carbocycles. The first-order valence-electron chi connectivity index (χ1n) is 4.94. The quantitative estimate of drug-likeness (QED) is 0.639. The second kappa shape index (κ2) is 3.51. The first kappa shape index (κ1) is 8.76. The van der Waals surface area contributed by atoms with Crippen LogP contribution >= 0.6 is 0 Å². The van der Waals surface area contributed by atoms with E-state index in [1.54, 1.807) is 0 Å². The van der Waals surface area contributed by atoms with Crippen molar-refractivity contribution in [3.05, 3.63) is 34.9 Å². The lowest BCUT2D eigenvalue weighted by molar-refractivity contribution is 0.0880. The van der Waals surface area contributed by atoms with Crippen LogP contribution in [-0.4, -0.2) is 7.11 Å². The Morgan fingerprint density at radius 2 is 2.23 bits per heavy atom. The van der Waals surface area contributed by atoms with Gasteiger partial charge in [0.05, 0.1) is 6.10 Å². The molecule has 1 atom stereocenters. The van der Waals surface area contributed by atoms with E-state index in [2.05, 4.69) is 25.1 Å². The van der Waals surface area contributed by atoms with Gasteiger partial charge in [-0.25, -0.2) is 0 Å². The molecule has 0 amide bonds. The maximum absolute atomic E-state index is 5.47. The van der Waals surface area contributed by atoms with Crippen LogP contribution in [0.25, 0.3) is 0 Å². The lowest BCUT2D eigenvalue weighted by Crippen LogP contribution is -2.12. The maximum atomic E-state index is 5.47. The number of hydrogen-bond donors (Lipinski definition) is 0. The van der Waals surface area contributed by atoms with Gasteiger partial charge in [0, 0.05) is 7.11 Å². The van der Waals surface area contributed by atoms with Crippen molar-refractivity contribution in [2.45, 2.75) is 32.3 Å². The van der Waals surface area contributed by atoms with E-state index in [4.69, 9.17) is 4.74 Å². The van der Waals surface area contributed by atoms with Crippen molar-refractivity contribution in [1.82, 2.24) is 0 Å². The number of methoxy groups -OCH3 is 1. The van der Waals surface area contributed by atoms with E-state index < -0.39 is 0 Å². The fourth-order valence-corrected chi connectivity index (χ4v) is 2.23. The molecule has 0 heterocycles. The minimum Gasteiger partial charge on any atom is -0.377 e. The molecule has 0 saturated heterocycles. The van der Waals surface area contributed by atoms with Crippen molar-refractivity contribution >= 4 is 0 Å². The van der Waals surface area contributed by atoms with E-state index in [-0.39, 0.29) is 0 Å². The number of benzene rings is 1. The van der Waals surface area contributed by atoms with Gasteiger partial charge in [0.1, 0.15) is 0 Å².